The summed E-state index contributed by atoms with van der Waals surface area (Å²) < 4.78 is 84.7. The number of fused-ring (bicyclic) bond motifs is 2. The van der Waals surface area contributed by atoms with E-state index in [-0.39, 0.29) is 55.1 Å². The summed E-state index contributed by atoms with van der Waals surface area (Å²) in [5.74, 6) is -4.66. The number of benzene rings is 1. The van der Waals surface area contributed by atoms with Crippen LogP contribution in [-0.4, -0.2) is 116 Å². The van der Waals surface area contributed by atoms with Crippen molar-refractivity contribution in [3.05, 3.63) is 57.7 Å². The summed E-state index contributed by atoms with van der Waals surface area (Å²) in [5, 5.41) is 3.34. The number of Topliss-reactive ketones (excluding diaryl/α,β-unsaturated/α-hetero) is 2. The van der Waals surface area contributed by atoms with E-state index in [9.17, 15) is 38.1 Å². The topological polar surface area (TPSA) is 272 Å². The minimum Gasteiger partial charge on any atom is -0.482 e. The number of nitrogens with zero attached hydrogens (tertiary/aromatic N) is 1. The van der Waals surface area contributed by atoms with Crippen molar-refractivity contribution >= 4 is 47.1 Å². The number of carbonyl (C=O) groups is 3. The molecule has 20 nitrogen and oxygen atoms in total. The van der Waals surface area contributed by atoms with Crippen molar-refractivity contribution in [1.82, 2.24) is 10.2 Å². The Bertz CT molecular complexity index is 2520. The Morgan fingerprint density at radius 1 is 0.925 bits per heavy atom. The molecule has 7 aliphatic rings. The van der Waals surface area contributed by atoms with Crippen LogP contribution in [0, 0.1) is 11.8 Å². The number of phosphoric acid groups is 3. The fraction of sp³-hybridized carbons (Fsp3) is 0.614. The minimum absolute atomic E-state index is 0.0463. The van der Waals surface area contributed by atoms with E-state index in [1.165, 1.54) is 26.2 Å². The Labute approximate surface area is 389 Å². The Balaban J connectivity index is 1.58. The molecule has 4 bridgehead atoms. The third-order valence-corrected chi connectivity index (χ3v) is 17.6. The number of ether oxygens (including phenoxy) is 5. The van der Waals surface area contributed by atoms with Gasteiger partial charge in [-0.25, -0.2) is 18.5 Å². The van der Waals surface area contributed by atoms with Gasteiger partial charge in [0.15, 0.2) is 28.5 Å². The maximum Gasteiger partial charge on any atom is 0.536 e. The van der Waals surface area contributed by atoms with Crippen LogP contribution in [0.1, 0.15) is 103 Å². The van der Waals surface area contributed by atoms with Gasteiger partial charge in [-0.05, 0) is 100 Å². The third-order valence-electron chi connectivity index (χ3n) is 13.9. The predicted octanol–water partition coefficient (Wildman–Crippen LogP) is 6.06. The van der Waals surface area contributed by atoms with Crippen LogP contribution in [0.4, 0.5) is 0 Å². The van der Waals surface area contributed by atoms with E-state index < -0.39 is 98.1 Å². The molecule has 23 heteroatoms. The molecule has 0 radical (unpaired) electrons. The minimum atomic E-state index is -6.06. The van der Waals surface area contributed by atoms with Gasteiger partial charge in [0.1, 0.15) is 22.7 Å². The highest BCUT2D eigenvalue weighted by Crippen LogP contribution is 2.73. The van der Waals surface area contributed by atoms with Crippen LogP contribution in [0.2, 0.25) is 0 Å². The van der Waals surface area contributed by atoms with Crippen molar-refractivity contribution in [3.8, 4) is 17.2 Å². The second kappa shape index (κ2) is 17.8. The number of hydrogen-bond donors (Lipinski definition) is 5. The molecule has 3 aliphatic carbocycles. The number of hydrogen-bond acceptors (Lipinski definition) is 16. The average Bonchev–Trinajstić information content (AvgIpc) is 3.36. The van der Waals surface area contributed by atoms with Crippen LogP contribution < -0.4 is 19.3 Å². The first-order valence-corrected chi connectivity index (χ1v) is 26.5. The summed E-state index contributed by atoms with van der Waals surface area (Å²) in [7, 11) is -15.0. The molecule has 1 aromatic carbocycles. The summed E-state index contributed by atoms with van der Waals surface area (Å²) in [4.78, 5) is 87.5. The van der Waals surface area contributed by atoms with E-state index >= 15 is 9.59 Å². The molecule has 9 atom stereocenters. The van der Waals surface area contributed by atoms with Crippen molar-refractivity contribution < 1.29 is 84.5 Å². The lowest BCUT2D eigenvalue weighted by molar-refractivity contribution is -0.223. The summed E-state index contributed by atoms with van der Waals surface area (Å²) in [6.45, 7) is 15.7. The first kappa shape index (κ1) is 51.5. The number of likely N-dealkylation sites (N-methyl/N-ethyl adjacent to an activating group) is 1. The third kappa shape index (κ3) is 8.94. The quantitative estimate of drug-likeness (QED) is 0.0545. The summed E-state index contributed by atoms with van der Waals surface area (Å²) >= 11 is 0. The Hall–Kier alpha value is -3.32. The van der Waals surface area contributed by atoms with Gasteiger partial charge in [-0.1, -0.05) is 29.4 Å². The van der Waals surface area contributed by atoms with Crippen molar-refractivity contribution in [1.29, 1.82) is 0 Å². The molecular weight excluding hydrogens is 937 g/mol. The lowest BCUT2D eigenvalue weighted by Gasteiger charge is -2.68. The molecule has 0 aromatic heterocycles. The molecule has 370 valence electrons. The number of morpholine rings is 1. The number of allylic oxidation sites excluding steroid dienone is 4. The van der Waals surface area contributed by atoms with Crippen LogP contribution in [0.25, 0.3) is 6.08 Å². The van der Waals surface area contributed by atoms with Gasteiger partial charge >= 0.3 is 29.4 Å². The van der Waals surface area contributed by atoms with E-state index in [0.717, 1.165) is 11.1 Å². The fourth-order valence-electron chi connectivity index (χ4n) is 11.2. The molecule has 0 amide bonds. The smallest absolute Gasteiger partial charge is 0.482 e. The maximum absolute atomic E-state index is 16.5. The van der Waals surface area contributed by atoms with Gasteiger partial charge in [0.05, 0.1) is 42.9 Å². The Morgan fingerprint density at radius 3 is 2.18 bits per heavy atom. The normalized spacial score (nSPS) is 32.4. The number of nitrogens with one attached hydrogen (secondary N) is 1. The van der Waals surface area contributed by atoms with E-state index in [0.29, 0.717) is 31.5 Å². The maximum atomic E-state index is 16.5. The van der Waals surface area contributed by atoms with Crippen molar-refractivity contribution in [2.75, 3.05) is 40.5 Å². The van der Waals surface area contributed by atoms with Gasteiger partial charge in [0.2, 0.25) is 0 Å². The van der Waals surface area contributed by atoms with E-state index in [2.05, 4.69) is 13.9 Å². The van der Waals surface area contributed by atoms with Crippen LogP contribution >= 0.6 is 23.5 Å². The number of phosphoric ester groups is 1. The molecule has 4 aliphatic heterocycles. The summed E-state index contributed by atoms with van der Waals surface area (Å²) in [6.07, 6.45) is 9.61. The predicted molar refractivity (Wildman–Crippen MR) is 241 cm³/mol. The Kier molecular flexibility index (Phi) is 13.7. The zero-order valence-corrected chi connectivity index (χ0v) is 42.0. The second-order valence-corrected chi connectivity index (χ2v) is 23.6. The molecule has 5 N–H and O–H groups in total. The zero-order chi connectivity index (χ0) is 49.5. The molecular formula is C44H61N2O18P3. The molecule has 8 rings (SSSR count). The SMILES string of the molecule is CNC12CC3C(C)(C)OC(CC=C(C)C(=O)OC)(C1=O)C31Oc3c(CC=C(C)C)c4c(c(OP(=O)(O)OP(=O)(O)OP(=O)(O)O)c3C(=O)C1C2N1CCOCC1)C=CC(C)(CCC=C(C)C)O4. The first-order chi connectivity index (χ1) is 31.0. The monoisotopic (exact) mass is 998 g/mol. The number of methoxy groups -OCH3 is 1. The summed E-state index contributed by atoms with van der Waals surface area (Å²) in [5.41, 5.74) is -5.60. The van der Waals surface area contributed by atoms with Gasteiger partial charge < -0.3 is 48.2 Å². The number of carbonyl (C=O) groups excluding carboxylic acids is 3. The summed E-state index contributed by atoms with van der Waals surface area (Å²) in [6, 6.07) is -0.969. The molecule has 67 heavy (non-hydrogen) atoms. The van der Waals surface area contributed by atoms with Crippen LogP contribution in [0.3, 0.4) is 0 Å². The highest BCUT2D eigenvalue weighted by Gasteiger charge is 2.89. The van der Waals surface area contributed by atoms with E-state index in [1.807, 2.05) is 65.5 Å². The van der Waals surface area contributed by atoms with Gasteiger partial charge in [-0.15, -0.1) is 0 Å². The molecule has 4 heterocycles. The molecule has 1 spiro atoms. The highest BCUT2D eigenvalue weighted by molar-refractivity contribution is 7.66. The number of esters is 1. The fourth-order valence-corrected chi connectivity index (χ4v) is 14.2. The van der Waals surface area contributed by atoms with Gasteiger partial charge in [-0.2, -0.15) is 8.62 Å². The first-order valence-electron chi connectivity index (χ1n) is 22.0. The van der Waals surface area contributed by atoms with Crippen molar-refractivity contribution in [3.63, 3.8) is 0 Å². The second-order valence-electron chi connectivity index (χ2n) is 19.2. The van der Waals surface area contributed by atoms with Crippen LogP contribution in [0.15, 0.2) is 41.0 Å². The van der Waals surface area contributed by atoms with Crippen molar-refractivity contribution in [2.24, 2.45) is 11.8 Å². The van der Waals surface area contributed by atoms with Crippen LogP contribution in [0.5, 0.6) is 17.2 Å². The Morgan fingerprint density at radius 2 is 1.58 bits per heavy atom. The number of rotatable bonds is 16. The zero-order valence-electron chi connectivity index (χ0n) is 39.3. The van der Waals surface area contributed by atoms with Gasteiger partial charge in [0.25, 0.3) is 0 Å². The molecule has 9 unspecified atom stereocenters. The van der Waals surface area contributed by atoms with Crippen molar-refractivity contribution in [2.45, 2.75) is 121 Å². The number of ketones is 2. The molecule has 5 fully saturated rings. The largest absolute Gasteiger partial charge is 0.536 e. The lowest BCUT2D eigenvalue weighted by Crippen LogP contribution is -2.90. The lowest BCUT2D eigenvalue weighted by atomic mass is 9.42. The van der Waals surface area contributed by atoms with E-state index in [4.69, 9.17) is 28.2 Å². The highest BCUT2D eigenvalue weighted by atomic mass is 31.3. The molecule has 2 saturated heterocycles. The van der Waals surface area contributed by atoms with E-state index in [1.54, 1.807) is 13.1 Å². The standard InChI is InChI=1S/C44H61N2O18P3/c1-25(2)12-11-17-41(8)18-16-29-34(59-41)28(14-13-26(3)4)35-31(36(29)61-66(53,54)64-67(55,56)63-65(50,51)52)33(47)32-37(46-20-22-58-23-21-46)42(45-9)24-30-40(6,7)62-43(39(42)49,44(30,32)60-35)19-15-27(5)38(48)57-10/h12-13,15-16,18,30,32,37,45H,11,14,17,19-24H2,1-10H3,(H,53,54)(H,55,56)(H2,50,51,52). The van der Waals surface area contributed by atoms with Gasteiger partial charge in [-0.3, -0.25) is 19.4 Å². The molecule has 1 aromatic rings. The van der Waals surface area contributed by atoms with Gasteiger partial charge in [0, 0.05) is 42.6 Å². The molecule has 3 saturated carbocycles. The van der Waals surface area contributed by atoms with Crippen LogP contribution in [-0.2, 0) is 52.5 Å². The average molecular weight is 999 g/mol.